The van der Waals surface area contributed by atoms with Crippen LogP contribution in [0.4, 0.5) is 5.69 Å². The molecule has 3 aromatic rings. The lowest BCUT2D eigenvalue weighted by Gasteiger charge is -2.31. The van der Waals surface area contributed by atoms with Crippen LogP contribution in [0.15, 0.2) is 40.9 Å². The molecule has 33 heavy (non-hydrogen) atoms. The lowest BCUT2D eigenvalue weighted by atomic mass is 9.96. The maximum Gasteiger partial charge on any atom is 0.241 e. The Labute approximate surface area is 193 Å². The molecule has 1 aliphatic rings. The number of nitrogens with zero attached hydrogens (tertiary/aromatic N) is 3. The molecular formula is C25H30N4O4. The monoisotopic (exact) mass is 450 g/mol. The summed E-state index contributed by atoms with van der Waals surface area (Å²) in [4.78, 5) is 19.7. The van der Waals surface area contributed by atoms with Crippen LogP contribution in [0, 0.1) is 19.8 Å². The molecule has 1 amide bonds. The Kier molecular flexibility index (Phi) is 6.93. The highest BCUT2D eigenvalue weighted by Gasteiger charge is 2.27. The van der Waals surface area contributed by atoms with Crippen LogP contribution in [-0.4, -0.2) is 48.3 Å². The van der Waals surface area contributed by atoms with Gasteiger partial charge in [0.05, 0.1) is 26.7 Å². The van der Waals surface area contributed by atoms with Gasteiger partial charge in [-0.1, -0.05) is 17.3 Å². The van der Waals surface area contributed by atoms with E-state index < -0.39 is 0 Å². The molecule has 4 rings (SSSR count). The molecule has 8 heteroatoms. The number of hydrogen-bond donors (Lipinski definition) is 1. The number of carbonyl (C=O) groups excluding carboxylic acids is 1. The van der Waals surface area contributed by atoms with Crippen molar-refractivity contribution in [2.45, 2.75) is 33.2 Å². The molecule has 0 bridgehead atoms. The maximum absolute atomic E-state index is 12.9. The SMILES string of the molecule is COc1ccc(-c2noc(CN3CCC[C@@H](C(=O)Nc4cc(C)ccc4C)C3)n2)cc1OC. The second kappa shape index (κ2) is 10.0. The van der Waals surface area contributed by atoms with E-state index in [0.717, 1.165) is 41.8 Å². The Balaban J connectivity index is 1.39. The smallest absolute Gasteiger partial charge is 0.241 e. The molecule has 1 saturated heterocycles. The van der Waals surface area contributed by atoms with Gasteiger partial charge in [-0.05, 0) is 68.6 Å². The van der Waals surface area contributed by atoms with Gasteiger partial charge < -0.3 is 19.3 Å². The third-order valence-electron chi connectivity index (χ3n) is 6.00. The van der Waals surface area contributed by atoms with Gasteiger partial charge in [-0.2, -0.15) is 4.98 Å². The minimum atomic E-state index is -0.0769. The van der Waals surface area contributed by atoms with Crippen molar-refractivity contribution in [1.29, 1.82) is 0 Å². The number of hydrogen-bond acceptors (Lipinski definition) is 7. The highest BCUT2D eigenvalue weighted by atomic mass is 16.5. The summed E-state index contributed by atoms with van der Waals surface area (Å²) in [6.45, 7) is 6.09. The average Bonchev–Trinajstić information content (AvgIpc) is 3.29. The summed E-state index contributed by atoms with van der Waals surface area (Å²) in [5.41, 5.74) is 3.86. The van der Waals surface area contributed by atoms with E-state index in [1.165, 1.54) is 0 Å². The van der Waals surface area contributed by atoms with Gasteiger partial charge in [-0.3, -0.25) is 9.69 Å². The van der Waals surface area contributed by atoms with Crippen molar-refractivity contribution in [3.8, 4) is 22.9 Å². The van der Waals surface area contributed by atoms with Crippen LogP contribution in [0.3, 0.4) is 0 Å². The summed E-state index contributed by atoms with van der Waals surface area (Å²) in [5, 5.41) is 7.23. The number of benzene rings is 2. The predicted octanol–water partition coefficient (Wildman–Crippen LogP) is 4.22. The normalized spacial score (nSPS) is 16.4. The molecule has 0 aliphatic carbocycles. The molecule has 1 aliphatic heterocycles. The van der Waals surface area contributed by atoms with Crippen molar-refractivity contribution < 1.29 is 18.8 Å². The zero-order chi connectivity index (χ0) is 23.4. The molecule has 174 valence electrons. The number of methoxy groups -OCH3 is 2. The molecule has 0 spiro atoms. The summed E-state index contributed by atoms with van der Waals surface area (Å²) >= 11 is 0. The lowest BCUT2D eigenvalue weighted by Crippen LogP contribution is -2.40. The predicted molar refractivity (Wildman–Crippen MR) is 125 cm³/mol. The average molecular weight is 451 g/mol. The van der Waals surface area contributed by atoms with Crippen molar-refractivity contribution in [1.82, 2.24) is 15.0 Å². The van der Waals surface area contributed by atoms with Crippen molar-refractivity contribution in [3.63, 3.8) is 0 Å². The first-order valence-corrected chi connectivity index (χ1v) is 11.1. The lowest BCUT2D eigenvalue weighted by molar-refractivity contribution is -0.121. The van der Waals surface area contributed by atoms with Gasteiger partial charge in [0.2, 0.25) is 17.6 Å². The van der Waals surface area contributed by atoms with E-state index in [9.17, 15) is 4.79 Å². The third-order valence-corrected chi connectivity index (χ3v) is 6.00. The number of ether oxygens (including phenoxy) is 2. The molecule has 0 saturated carbocycles. The number of carbonyl (C=O) groups is 1. The number of rotatable bonds is 7. The molecule has 8 nitrogen and oxygen atoms in total. The Morgan fingerprint density at radius 1 is 1.15 bits per heavy atom. The van der Waals surface area contributed by atoms with Crippen molar-refractivity contribution in [2.75, 3.05) is 32.6 Å². The quantitative estimate of drug-likeness (QED) is 0.576. The van der Waals surface area contributed by atoms with Crippen molar-refractivity contribution >= 4 is 11.6 Å². The second-order valence-corrected chi connectivity index (χ2v) is 8.46. The topological polar surface area (TPSA) is 89.7 Å². The molecule has 1 aromatic heterocycles. The highest BCUT2D eigenvalue weighted by Crippen LogP contribution is 2.31. The summed E-state index contributed by atoms with van der Waals surface area (Å²) in [6.07, 6.45) is 1.81. The maximum atomic E-state index is 12.9. The first kappa shape index (κ1) is 22.8. The van der Waals surface area contributed by atoms with Crippen LogP contribution in [0.5, 0.6) is 11.5 Å². The molecule has 0 radical (unpaired) electrons. The van der Waals surface area contributed by atoms with Crippen molar-refractivity contribution in [2.24, 2.45) is 5.92 Å². The van der Waals surface area contributed by atoms with E-state index in [-0.39, 0.29) is 11.8 Å². The number of likely N-dealkylation sites (tertiary alicyclic amines) is 1. The van der Waals surface area contributed by atoms with Gasteiger partial charge in [0.25, 0.3) is 0 Å². The summed E-state index contributed by atoms with van der Waals surface area (Å²) in [6, 6.07) is 11.6. The van der Waals surface area contributed by atoms with Crippen molar-refractivity contribution in [3.05, 3.63) is 53.4 Å². The minimum absolute atomic E-state index is 0.0601. The summed E-state index contributed by atoms with van der Waals surface area (Å²) < 4.78 is 16.1. The number of nitrogens with one attached hydrogen (secondary N) is 1. The standard InChI is InChI=1S/C25H30N4O4/c1-16-7-8-17(2)20(12-16)26-25(30)19-6-5-11-29(14-19)15-23-27-24(28-33-23)18-9-10-21(31-3)22(13-18)32-4/h7-10,12-13,19H,5-6,11,14-15H2,1-4H3,(H,26,30)/t19-/m1/s1. The van der Waals surface area contributed by atoms with E-state index in [4.69, 9.17) is 14.0 Å². The molecule has 2 aromatic carbocycles. The minimum Gasteiger partial charge on any atom is -0.493 e. The van der Waals surface area contributed by atoms with E-state index in [2.05, 4.69) is 20.4 Å². The highest BCUT2D eigenvalue weighted by molar-refractivity contribution is 5.93. The Morgan fingerprint density at radius 3 is 2.76 bits per heavy atom. The van der Waals surface area contributed by atoms with Gasteiger partial charge >= 0.3 is 0 Å². The number of anilines is 1. The number of aromatic nitrogens is 2. The van der Waals surface area contributed by atoms with Crippen LogP contribution in [0.1, 0.15) is 29.9 Å². The van der Waals surface area contributed by atoms with E-state index in [1.54, 1.807) is 14.2 Å². The number of aryl methyl sites for hydroxylation is 2. The van der Waals surface area contributed by atoms with Gasteiger partial charge in [0, 0.05) is 17.8 Å². The van der Waals surface area contributed by atoms with E-state index >= 15 is 0 Å². The number of piperidine rings is 1. The van der Waals surface area contributed by atoms with Crippen LogP contribution in [-0.2, 0) is 11.3 Å². The van der Waals surface area contributed by atoms with Crippen LogP contribution < -0.4 is 14.8 Å². The first-order valence-electron chi connectivity index (χ1n) is 11.1. The molecule has 1 N–H and O–H groups in total. The van der Waals surface area contributed by atoms with E-state index in [1.807, 2.05) is 50.2 Å². The summed E-state index contributed by atoms with van der Waals surface area (Å²) in [7, 11) is 3.19. The van der Waals surface area contributed by atoms with Gasteiger partial charge in [-0.15, -0.1) is 0 Å². The largest absolute Gasteiger partial charge is 0.493 e. The summed E-state index contributed by atoms with van der Waals surface area (Å²) in [5.74, 6) is 2.25. The van der Waals surface area contributed by atoms with Crippen LogP contribution in [0.2, 0.25) is 0 Å². The molecule has 1 atom stereocenters. The Morgan fingerprint density at radius 2 is 1.97 bits per heavy atom. The van der Waals surface area contributed by atoms with E-state index in [0.29, 0.717) is 36.3 Å². The molecular weight excluding hydrogens is 420 g/mol. The number of amides is 1. The third kappa shape index (κ3) is 5.34. The van der Waals surface area contributed by atoms with Crippen LogP contribution >= 0.6 is 0 Å². The zero-order valence-electron chi connectivity index (χ0n) is 19.6. The fourth-order valence-electron chi connectivity index (χ4n) is 4.12. The van der Waals surface area contributed by atoms with Gasteiger partial charge in [0.1, 0.15) is 0 Å². The second-order valence-electron chi connectivity index (χ2n) is 8.46. The molecule has 0 unspecified atom stereocenters. The Bertz CT molecular complexity index is 1130. The molecule has 1 fully saturated rings. The molecule has 2 heterocycles. The van der Waals surface area contributed by atoms with Gasteiger partial charge in [-0.25, -0.2) is 0 Å². The fourth-order valence-corrected chi connectivity index (χ4v) is 4.12. The Hall–Kier alpha value is -3.39. The van der Waals surface area contributed by atoms with Gasteiger partial charge in [0.15, 0.2) is 11.5 Å². The fraction of sp³-hybridized carbons (Fsp3) is 0.400. The zero-order valence-corrected chi connectivity index (χ0v) is 19.6. The first-order chi connectivity index (χ1) is 16.0. The van der Waals surface area contributed by atoms with Crippen LogP contribution in [0.25, 0.3) is 11.4 Å².